The van der Waals surface area contributed by atoms with Gasteiger partial charge in [0.2, 0.25) is 0 Å². The van der Waals surface area contributed by atoms with E-state index in [1.54, 1.807) is 0 Å². The fourth-order valence-electron chi connectivity index (χ4n) is 8.18. The highest BCUT2D eigenvalue weighted by Crippen LogP contribution is 2.42. The number of benzene rings is 9. The second kappa shape index (κ2) is 17.5. The number of rotatable bonds is 10. The largest absolute Gasteiger partial charge is 0.400 e. The summed E-state index contributed by atoms with van der Waals surface area (Å²) >= 11 is 0. The van der Waals surface area contributed by atoms with Crippen LogP contribution in [0.5, 0.6) is 0 Å². The van der Waals surface area contributed by atoms with Crippen molar-refractivity contribution in [3.05, 3.63) is 230 Å². The number of para-hydroxylation sites is 2. The smallest absolute Gasteiger partial charge is 0.0783 e. The molecule has 5 heteroatoms. The van der Waals surface area contributed by atoms with Crippen LogP contribution in [0.1, 0.15) is 5.56 Å². The molecule has 0 aliphatic carbocycles. The number of hydrogen-bond donors (Lipinski definition) is 3. The maximum Gasteiger partial charge on any atom is 0.0783 e. The van der Waals surface area contributed by atoms with Crippen molar-refractivity contribution in [3.8, 4) is 39.1 Å². The Morgan fingerprint density at radius 3 is 1.36 bits per heavy atom. The van der Waals surface area contributed by atoms with Gasteiger partial charge in [0.15, 0.2) is 0 Å². The molecule has 0 radical (unpaired) electrons. The molecule has 0 saturated carbocycles. The fourth-order valence-corrected chi connectivity index (χ4v) is 8.18. The molecule has 10 rings (SSSR count). The monoisotopic (exact) mass is 788 g/mol. The van der Waals surface area contributed by atoms with E-state index in [4.69, 9.17) is 10.5 Å². The van der Waals surface area contributed by atoms with E-state index in [1.807, 2.05) is 30.3 Å². The van der Waals surface area contributed by atoms with E-state index in [9.17, 15) is 0 Å². The van der Waals surface area contributed by atoms with E-state index in [2.05, 4.69) is 209 Å². The van der Waals surface area contributed by atoms with Gasteiger partial charge < -0.3 is 25.3 Å². The molecular weight excluding hydrogens is 745 g/mol. The summed E-state index contributed by atoms with van der Waals surface area (Å²) < 4.78 is 2.32. The lowest BCUT2D eigenvalue weighted by atomic mass is 10.0. The maximum atomic E-state index is 8.35. The SMILES string of the molecule is CO.N=Cc1ccc2c3cc(-c4ccc(N(c5ccc(-c6ccccc6)cc5)c5ccc(-c6ccccc6)cc5)cc4)ccc3n(-c3ccccc3)c2c1Nc1ccccc1. The molecule has 0 atom stereocenters. The van der Waals surface area contributed by atoms with Crippen LogP contribution >= 0.6 is 0 Å². The molecule has 294 valence electrons. The van der Waals surface area contributed by atoms with E-state index >= 15 is 0 Å². The standard InChI is InChI=1S/C55H40N4.CH4O/c56-38-45-27-35-51-52-37-44(28-36-53(52)59(47-19-11-4-12-20-47)55(51)54(45)57-46-17-9-3-10-18-46)43-25-33-50(34-26-43)58(48-29-21-41(22-30-48)39-13-5-1-6-14-39)49-31-23-42(24-32-49)40-15-7-2-8-16-40;1-2/h1-38,56-57H;2H,1H3. The van der Waals surface area contributed by atoms with Gasteiger partial charge in [-0.1, -0.05) is 152 Å². The lowest BCUT2D eigenvalue weighted by Crippen LogP contribution is -2.09. The zero-order chi connectivity index (χ0) is 41.5. The second-order valence-corrected chi connectivity index (χ2v) is 14.7. The Balaban J connectivity index is 0.00000235. The number of anilines is 5. The zero-order valence-electron chi connectivity index (χ0n) is 33.8. The maximum absolute atomic E-state index is 8.35. The van der Waals surface area contributed by atoms with Crippen LogP contribution in [-0.4, -0.2) is 23.0 Å². The van der Waals surface area contributed by atoms with Crippen molar-refractivity contribution < 1.29 is 5.11 Å². The van der Waals surface area contributed by atoms with Crippen molar-refractivity contribution in [1.82, 2.24) is 4.57 Å². The third-order valence-corrected chi connectivity index (χ3v) is 11.1. The van der Waals surface area contributed by atoms with Crippen molar-refractivity contribution in [2.45, 2.75) is 0 Å². The van der Waals surface area contributed by atoms with Crippen molar-refractivity contribution in [2.75, 3.05) is 17.3 Å². The number of nitrogens with one attached hydrogen (secondary N) is 2. The number of aliphatic hydroxyl groups is 1. The van der Waals surface area contributed by atoms with Gasteiger partial charge in [-0.3, -0.25) is 0 Å². The van der Waals surface area contributed by atoms with Crippen molar-refractivity contribution >= 4 is 56.5 Å². The summed E-state index contributed by atoms with van der Waals surface area (Å²) in [4.78, 5) is 2.33. The van der Waals surface area contributed by atoms with Gasteiger partial charge in [-0.15, -0.1) is 0 Å². The van der Waals surface area contributed by atoms with E-state index < -0.39 is 0 Å². The van der Waals surface area contributed by atoms with Gasteiger partial charge in [-0.2, -0.15) is 0 Å². The first-order valence-corrected chi connectivity index (χ1v) is 20.4. The first-order valence-electron chi connectivity index (χ1n) is 20.4. The van der Waals surface area contributed by atoms with E-state index in [0.29, 0.717) is 0 Å². The molecule has 1 aromatic heterocycles. The highest BCUT2D eigenvalue weighted by molar-refractivity contribution is 6.17. The van der Waals surface area contributed by atoms with Gasteiger partial charge in [-0.25, -0.2) is 0 Å². The third-order valence-electron chi connectivity index (χ3n) is 11.1. The Kier molecular flexibility index (Phi) is 11.0. The molecular formula is C56H44N4O. The Morgan fingerprint density at radius 2 is 0.869 bits per heavy atom. The molecule has 0 unspecified atom stereocenters. The van der Waals surface area contributed by atoms with Crippen molar-refractivity contribution in [2.24, 2.45) is 0 Å². The summed E-state index contributed by atoms with van der Waals surface area (Å²) in [6, 6.07) is 79.3. The summed E-state index contributed by atoms with van der Waals surface area (Å²) in [5.74, 6) is 0. The van der Waals surface area contributed by atoms with Gasteiger partial charge in [-0.05, 0) is 106 Å². The lowest BCUT2D eigenvalue weighted by molar-refractivity contribution is 0.399. The lowest BCUT2D eigenvalue weighted by Gasteiger charge is -2.26. The first kappa shape index (κ1) is 38.5. The topological polar surface area (TPSA) is 64.3 Å². The third kappa shape index (κ3) is 7.70. The average molecular weight is 789 g/mol. The van der Waals surface area contributed by atoms with Gasteiger partial charge >= 0.3 is 0 Å². The predicted molar refractivity (Wildman–Crippen MR) is 258 cm³/mol. The Hall–Kier alpha value is -7.99. The molecule has 0 amide bonds. The normalized spacial score (nSPS) is 10.9. The van der Waals surface area contributed by atoms with Gasteiger partial charge in [0, 0.05) is 58.1 Å². The molecule has 0 saturated heterocycles. The van der Waals surface area contributed by atoms with E-state index in [-0.39, 0.29) is 0 Å². The van der Waals surface area contributed by atoms with Crippen molar-refractivity contribution in [1.29, 1.82) is 5.41 Å². The number of hydrogen-bond acceptors (Lipinski definition) is 4. The minimum Gasteiger partial charge on any atom is -0.400 e. The number of aromatic nitrogens is 1. The van der Waals surface area contributed by atoms with Crippen LogP contribution in [0, 0.1) is 5.41 Å². The zero-order valence-corrected chi connectivity index (χ0v) is 33.8. The summed E-state index contributed by atoms with van der Waals surface area (Å²) in [5, 5.41) is 21.3. The molecule has 0 aliphatic heterocycles. The molecule has 9 aromatic carbocycles. The summed E-state index contributed by atoms with van der Waals surface area (Å²) in [5.41, 5.74) is 16.2. The second-order valence-electron chi connectivity index (χ2n) is 14.7. The Bertz CT molecular complexity index is 2950. The highest BCUT2D eigenvalue weighted by Gasteiger charge is 2.20. The molecule has 10 aromatic rings. The Morgan fingerprint density at radius 1 is 0.443 bits per heavy atom. The summed E-state index contributed by atoms with van der Waals surface area (Å²) in [7, 11) is 1.00. The van der Waals surface area contributed by atoms with Gasteiger partial charge in [0.1, 0.15) is 0 Å². The van der Waals surface area contributed by atoms with Crippen LogP contribution in [0.3, 0.4) is 0 Å². The molecule has 0 bridgehead atoms. The predicted octanol–water partition coefficient (Wildman–Crippen LogP) is 14.6. The van der Waals surface area contributed by atoms with Gasteiger partial charge in [0.25, 0.3) is 0 Å². The van der Waals surface area contributed by atoms with Crippen molar-refractivity contribution in [3.63, 3.8) is 0 Å². The summed E-state index contributed by atoms with van der Waals surface area (Å²) in [6.45, 7) is 0. The summed E-state index contributed by atoms with van der Waals surface area (Å²) in [6.07, 6.45) is 1.43. The molecule has 0 fully saturated rings. The molecule has 5 nitrogen and oxygen atoms in total. The van der Waals surface area contributed by atoms with E-state index in [1.165, 1.54) is 28.5 Å². The first-order chi connectivity index (χ1) is 30.2. The minimum absolute atomic E-state index is 0.825. The van der Waals surface area contributed by atoms with Gasteiger partial charge in [0.05, 0.1) is 16.7 Å². The van der Waals surface area contributed by atoms with Crippen LogP contribution in [0.2, 0.25) is 0 Å². The molecule has 0 aliphatic rings. The Labute approximate surface area is 356 Å². The molecule has 1 heterocycles. The quantitative estimate of drug-likeness (QED) is 0.121. The van der Waals surface area contributed by atoms with Crippen LogP contribution in [-0.2, 0) is 0 Å². The number of fused-ring (bicyclic) bond motifs is 3. The fraction of sp³-hybridized carbons (Fsp3) is 0.0179. The average Bonchev–Trinajstić information content (AvgIpc) is 3.68. The molecule has 61 heavy (non-hydrogen) atoms. The van der Waals surface area contributed by atoms with Crippen LogP contribution in [0.4, 0.5) is 28.4 Å². The van der Waals surface area contributed by atoms with Crippen LogP contribution in [0.15, 0.2) is 224 Å². The van der Waals surface area contributed by atoms with Crippen LogP contribution < -0.4 is 10.2 Å². The molecule has 0 spiro atoms. The molecule has 3 N–H and O–H groups in total. The number of aliphatic hydroxyl groups excluding tert-OH is 1. The highest BCUT2D eigenvalue weighted by atomic mass is 16.2. The minimum atomic E-state index is 0.825. The number of nitrogens with zero attached hydrogens (tertiary/aromatic N) is 2. The van der Waals surface area contributed by atoms with Crippen LogP contribution in [0.25, 0.3) is 60.9 Å². The van der Waals surface area contributed by atoms with E-state index in [0.717, 1.165) is 79.7 Å².